The fourth-order valence-electron chi connectivity index (χ4n) is 2.69. The molecular formula is C14H20BrNOS. The predicted molar refractivity (Wildman–Crippen MR) is 79.9 cm³/mol. The molecule has 0 bridgehead atoms. The normalized spacial score (nSPS) is 30.1. The highest BCUT2D eigenvalue weighted by Gasteiger charge is 2.32. The Morgan fingerprint density at radius 2 is 2.22 bits per heavy atom. The van der Waals surface area contributed by atoms with Crippen molar-refractivity contribution in [2.24, 2.45) is 17.6 Å². The van der Waals surface area contributed by atoms with E-state index in [0.717, 1.165) is 22.2 Å². The number of halogens is 1. The van der Waals surface area contributed by atoms with Gasteiger partial charge in [0.1, 0.15) is 0 Å². The zero-order valence-electron chi connectivity index (χ0n) is 10.6. The zero-order valence-corrected chi connectivity index (χ0v) is 13.0. The van der Waals surface area contributed by atoms with Crippen LogP contribution in [0.25, 0.3) is 0 Å². The van der Waals surface area contributed by atoms with Crippen molar-refractivity contribution in [3.05, 3.63) is 28.7 Å². The smallest absolute Gasteiger partial charge is 0.0564 e. The molecule has 1 aromatic rings. The summed E-state index contributed by atoms with van der Waals surface area (Å²) in [6, 6.07) is 7.82. The maximum atomic E-state index is 12.7. The van der Waals surface area contributed by atoms with E-state index < -0.39 is 10.8 Å². The first-order valence-corrected chi connectivity index (χ1v) is 8.48. The number of benzene rings is 1. The van der Waals surface area contributed by atoms with Crippen LogP contribution in [-0.4, -0.2) is 16.0 Å². The van der Waals surface area contributed by atoms with E-state index in [1.807, 2.05) is 24.3 Å². The van der Waals surface area contributed by atoms with Gasteiger partial charge < -0.3 is 5.73 Å². The minimum atomic E-state index is -0.941. The van der Waals surface area contributed by atoms with Crippen molar-refractivity contribution in [3.8, 4) is 0 Å². The first kappa shape index (κ1) is 14.2. The second-order valence-electron chi connectivity index (χ2n) is 5.21. The molecule has 2 nitrogen and oxygen atoms in total. The zero-order chi connectivity index (χ0) is 13.1. The average molecular weight is 330 g/mol. The van der Waals surface area contributed by atoms with Crippen molar-refractivity contribution in [1.29, 1.82) is 0 Å². The van der Waals surface area contributed by atoms with Crippen LogP contribution < -0.4 is 5.73 Å². The van der Waals surface area contributed by atoms with E-state index in [4.69, 9.17) is 5.73 Å². The van der Waals surface area contributed by atoms with Crippen LogP contribution in [0.1, 0.15) is 26.2 Å². The van der Waals surface area contributed by atoms with Gasteiger partial charge in [-0.25, -0.2) is 0 Å². The van der Waals surface area contributed by atoms with E-state index in [0.29, 0.717) is 18.4 Å². The van der Waals surface area contributed by atoms with Crippen LogP contribution in [0.2, 0.25) is 0 Å². The summed E-state index contributed by atoms with van der Waals surface area (Å²) in [6.45, 7) is 2.90. The summed E-state index contributed by atoms with van der Waals surface area (Å²) in [6.07, 6.45) is 3.36. The van der Waals surface area contributed by atoms with E-state index in [9.17, 15) is 4.21 Å². The Morgan fingerprint density at radius 3 is 2.89 bits per heavy atom. The highest BCUT2D eigenvalue weighted by Crippen LogP contribution is 2.34. The number of hydrogen-bond acceptors (Lipinski definition) is 2. The molecule has 0 heterocycles. The van der Waals surface area contributed by atoms with E-state index in [1.54, 1.807) is 0 Å². The van der Waals surface area contributed by atoms with E-state index in [-0.39, 0.29) is 5.25 Å². The molecule has 0 spiro atoms. The first-order valence-electron chi connectivity index (χ1n) is 6.48. The van der Waals surface area contributed by atoms with Gasteiger partial charge in [0.2, 0.25) is 0 Å². The molecule has 1 aliphatic rings. The van der Waals surface area contributed by atoms with E-state index in [1.165, 1.54) is 6.42 Å². The topological polar surface area (TPSA) is 43.1 Å². The summed E-state index contributed by atoms with van der Waals surface area (Å²) < 4.78 is 13.7. The van der Waals surface area contributed by atoms with Crippen LogP contribution in [0, 0.1) is 11.8 Å². The Kier molecular flexibility index (Phi) is 4.98. The summed E-state index contributed by atoms with van der Waals surface area (Å²) in [7, 11) is -0.941. The molecule has 0 amide bonds. The summed E-state index contributed by atoms with van der Waals surface area (Å²) in [5.74, 6) is 1.06. The second-order valence-corrected chi connectivity index (χ2v) is 7.79. The molecule has 1 aromatic carbocycles. The van der Waals surface area contributed by atoms with Crippen molar-refractivity contribution in [1.82, 2.24) is 0 Å². The molecule has 2 N–H and O–H groups in total. The molecule has 1 fully saturated rings. The van der Waals surface area contributed by atoms with Gasteiger partial charge in [-0.1, -0.05) is 35.3 Å². The fraction of sp³-hybridized carbons (Fsp3) is 0.571. The molecule has 18 heavy (non-hydrogen) atoms. The van der Waals surface area contributed by atoms with Crippen LogP contribution in [0.15, 0.2) is 33.6 Å². The summed E-state index contributed by atoms with van der Waals surface area (Å²) in [5.41, 5.74) is 5.84. The lowest BCUT2D eigenvalue weighted by atomic mass is 9.82. The van der Waals surface area contributed by atoms with Gasteiger partial charge in [0, 0.05) is 14.6 Å². The molecule has 0 saturated heterocycles. The molecule has 4 atom stereocenters. The summed E-state index contributed by atoms with van der Waals surface area (Å²) >= 11 is 3.44. The van der Waals surface area contributed by atoms with Crippen molar-refractivity contribution in [2.45, 2.75) is 36.3 Å². The van der Waals surface area contributed by atoms with Crippen molar-refractivity contribution in [2.75, 3.05) is 6.54 Å². The number of rotatable bonds is 3. The highest BCUT2D eigenvalue weighted by molar-refractivity contribution is 9.10. The minimum absolute atomic E-state index is 0.216. The Labute approximate surface area is 120 Å². The number of nitrogens with two attached hydrogens (primary N) is 1. The predicted octanol–water partition coefficient (Wildman–Crippen LogP) is 3.32. The quantitative estimate of drug-likeness (QED) is 0.924. The van der Waals surface area contributed by atoms with E-state index >= 15 is 0 Å². The van der Waals surface area contributed by atoms with Gasteiger partial charge in [0.15, 0.2) is 0 Å². The molecule has 4 heteroatoms. The van der Waals surface area contributed by atoms with Gasteiger partial charge in [-0.05, 0) is 49.4 Å². The van der Waals surface area contributed by atoms with Crippen LogP contribution in [-0.2, 0) is 10.8 Å². The third-order valence-corrected chi connectivity index (χ3v) is 6.14. The van der Waals surface area contributed by atoms with Crippen LogP contribution in [0.4, 0.5) is 0 Å². The minimum Gasteiger partial charge on any atom is -0.330 e. The Morgan fingerprint density at radius 1 is 1.44 bits per heavy atom. The number of hydrogen-bond donors (Lipinski definition) is 1. The van der Waals surface area contributed by atoms with Crippen LogP contribution >= 0.6 is 15.9 Å². The molecule has 1 aliphatic carbocycles. The molecular weight excluding hydrogens is 310 g/mol. The van der Waals surface area contributed by atoms with Crippen molar-refractivity contribution >= 4 is 26.7 Å². The fourth-order valence-corrected chi connectivity index (χ4v) is 5.15. The maximum Gasteiger partial charge on any atom is 0.0564 e. The summed E-state index contributed by atoms with van der Waals surface area (Å²) in [5, 5.41) is 0.216. The molecule has 0 radical (unpaired) electrons. The first-order chi connectivity index (χ1) is 8.61. The van der Waals surface area contributed by atoms with Crippen LogP contribution in [0.3, 0.4) is 0 Å². The lowest BCUT2D eigenvalue weighted by Crippen LogP contribution is -2.36. The largest absolute Gasteiger partial charge is 0.330 e. The molecule has 100 valence electrons. The highest BCUT2D eigenvalue weighted by atomic mass is 79.9. The molecule has 0 aliphatic heterocycles. The molecule has 0 aromatic heterocycles. The second kappa shape index (κ2) is 6.31. The lowest BCUT2D eigenvalue weighted by molar-refractivity contribution is 0.302. The monoisotopic (exact) mass is 329 g/mol. The Balaban J connectivity index is 2.20. The molecule has 4 unspecified atom stereocenters. The van der Waals surface area contributed by atoms with Gasteiger partial charge in [-0.2, -0.15) is 0 Å². The van der Waals surface area contributed by atoms with Crippen LogP contribution in [0.5, 0.6) is 0 Å². The third-order valence-electron chi connectivity index (χ3n) is 3.80. The Bertz CT molecular complexity index is 438. The van der Waals surface area contributed by atoms with Gasteiger partial charge in [0.25, 0.3) is 0 Å². The third kappa shape index (κ3) is 3.22. The lowest BCUT2D eigenvalue weighted by Gasteiger charge is -2.33. The van der Waals surface area contributed by atoms with Gasteiger partial charge >= 0.3 is 0 Å². The Hall–Kier alpha value is -0.190. The van der Waals surface area contributed by atoms with Gasteiger partial charge in [-0.15, -0.1) is 0 Å². The molecule has 1 saturated carbocycles. The SMILES string of the molecule is CC1CCC(CN)C(S(=O)c2cccc(Br)c2)C1. The average Bonchev–Trinajstić information content (AvgIpc) is 2.38. The van der Waals surface area contributed by atoms with Gasteiger partial charge in [-0.3, -0.25) is 4.21 Å². The molecule has 2 rings (SSSR count). The van der Waals surface area contributed by atoms with Crippen molar-refractivity contribution in [3.63, 3.8) is 0 Å². The standard InChI is InChI=1S/C14H20BrNOS/c1-10-5-6-11(9-16)14(7-10)18(17)13-4-2-3-12(15)8-13/h2-4,8,10-11,14H,5-7,9,16H2,1H3. The van der Waals surface area contributed by atoms with E-state index in [2.05, 4.69) is 22.9 Å². The maximum absolute atomic E-state index is 12.7. The van der Waals surface area contributed by atoms with Crippen molar-refractivity contribution < 1.29 is 4.21 Å². The van der Waals surface area contributed by atoms with Gasteiger partial charge in [0.05, 0.1) is 10.8 Å². The summed E-state index contributed by atoms with van der Waals surface area (Å²) in [4.78, 5) is 0.918.